The first-order valence-corrected chi connectivity index (χ1v) is 7.14. The van der Waals surface area contributed by atoms with Crippen LogP contribution in [0.25, 0.3) is 0 Å². The first-order chi connectivity index (χ1) is 8.77. The molecule has 0 aliphatic rings. The van der Waals surface area contributed by atoms with Gasteiger partial charge in [0.2, 0.25) is 0 Å². The molecule has 0 atom stereocenters. The minimum atomic E-state index is 0.506. The molecule has 1 aromatic carbocycles. The molecule has 3 nitrogen and oxygen atoms in total. The highest BCUT2D eigenvalue weighted by atomic mass is 79.9. The standard InChI is InChI=1S/C13H18BrClO3/c1-16-7-8-17-5-2-6-18-13-4-3-11(10-15)9-12(13)14/h3-4,9H,2,5-8,10H2,1H3. The van der Waals surface area contributed by atoms with Crippen molar-refractivity contribution in [1.82, 2.24) is 0 Å². The van der Waals surface area contributed by atoms with E-state index in [0.29, 0.717) is 32.3 Å². The molecule has 1 aromatic rings. The van der Waals surface area contributed by atoms with Crippen LogP contribution in [0, 0.1) is 0 Å². The highest BCUT2D eigenvalue weighted by Gasteiger charge is 2.02. The zero-order chi connectivity index (χ0) is 13.2. The van der Waals surface area contributed by atoms with Gasteiger partial charge < -0.3 is 14.2 Å². The van der Waals surface area contributed by atoms with E-state index < -0.39 is 0 Å². The molecule has 102 valence electrons. The second kappa shape index (κ2) is 9.62. The van der Waals surface area contributed by atoms with E-state index in [9.17, 15) is 0 Å². The Morgan fingerprint density at radius 3 is 2.67 bits per heavy atom. The largest absolute Gasteiger partial charge is 0.492 e. The van der Waals surface area contributed by atoms with Crippen molar-refractivity contribution < 1.29 is 14.2 Å². The minimum Gasteiger partial charge on any atom is -0.492 e. The summed E-state index contributed by atoms with van der Waals surface area (Å²) in [5, 5.41) is 0. The van der Waals surface area contributed by atoms with Crippen molar-refractivity contribution in [1.29, 1.82) is 0 Å². The van der Waals surface area contributed by atoms with Gasteiger partial charge in [-0.3, -0.25) is 0 Å². The van der Waals surface area contributed by atoms with Crippen LogP contribution in [0.5, 0.6) is 5.75 Å². The van der Waals surface area contributed by atoms with E-state index in [1.807, 2.05) is 18.2 Å². The molecule has 0 amide bonds. The maximum atomic E-state index is 5.75. The van der Waals surface area contributed by atoms with Gasteiger partial charge in [0.15, 0.2) is 0 Å². The Bertz CT molecular complexity index is 347. The van der Waals surface area contributed by atoms with Gasteiger partial charge in [-0.15, -0.1) is 11.6 Å². The van der Waals surface area contributed by atoms with Gasteiger partial charge in [-0.1, -0.05) is 6.07 Å². The van der Waals surface area contributed by atoms with Crippen LogP contribution < -0.4 is 4.74 Å². The third-order valence-electron chi connectivity index (χ3n) is 2.27. The summed E-state index contributed by atoms with van der Waals surface area (Å²) in [5.41, 5.74) is 1.07. The fourth-order valence-electron chi connectivity index (χ4n) is 1.33. The molecule has 0 heterocycles. The third-order valence-corrected chi connectivity index (χ3v) is 3.20. The summed E-state index contributed by atoms with van der Waals surface area (Å²) in [4.78, 5) is 0. The Balaban J connectivity index is 2.19. The van der Waals surface area contributed by atoms with E-state index in [1.165, 1.54) is 0 Å². The lowest BCUT2D eigenvalue weighted by Crippen LogP contribution is -2.07. The molecule has 0 aromatic heterocycles. The van der Waals surface area contributed by atoms with Gasteiger partial charge >= 0.3 is 0 Å². The van der Waals surface area contributed by atoms with Crippen molar-refractivity contribution in [3.8, 4) is 5.75 Å². The predicted octanol–water partition coefficient (Wildman–Crippen LogP) is 3.62. The second-order valence-corrected chi connectivity index (χ2v) is 4.83. The molecule has 0 bridgehead atoms. The molecular formula is C13H18BrClO3. The summed E-state index contributed by atoms with van der Waals surface area (Å²) in [6, 6.07) is 5.85. The minimum absolute atomic E-state index is 0.506. The fourth-order valence-corrected chi connectivity index (χ4v) is 2.04. The normalized spacial score (nSPS) is 10.6. The number of hydrogen-bond acceptors (Lipinski definition) is 3. The lowest BCUT2D eigenvalue weighted by molar-refractivity contribution is 0.0644. The van der Waals surface area contributed by atoms with Crippen LogP contribution in [0.1, 0.15) is 12.0 Å². The van der Waals surface area contributed by atoms with E-state index in [1.54, 1.807) is 7.11 Å². The van der Waals surface area contributed by atoms with Gasteiger partial charge in [0.1, 0.15) is 5.75 Å². The van der Waals surface area contributed by atoms with Gasteiger partial charge in [-0.05, 0) is 33.6 Å². The lowest BCUT2D eigenvalue weighted by Gasteiger charge is -2.09. The van der Waals surface area contributed by atoms with Crippen LogP contribution in [0.15, 0.2) is 22.7 Å². The Morgan fingerprint density at radius 2 is 2.00 bits per heavy atom. The van der Waals surface area contributed by atoms with Crippen LogP contribution in [-0.4, -0.2) is 33.5 Å². The van der Waals surface area contributed by atoms with E-state index in [0.717, 1.165) is 22.2 Å². The zero-order valence-electron chi connectivity index (χ0n) is 10.5. The van der Waals surface area contributed by atoms with Crippen LogP contribution in [0.4, 0.5) is 0 Å². The Morgan fingerprint density at radius 1 is 1.17 bits per heavy atom. The summed E-state index contributed by atoms with van der Waals surface area (Å²) in [5.74, 6) is 1.34. The van der Waals surface area contributed by atoms with Crippen molar-refractivity contribution in [2.24, 2.45) is 0 Å². The summed E-state index contributed by atoms with van der Waals surface area (Å²) < 4.78 is 16.8. The maximum absolute atomic E-state index is 5.75. The number of alkyl halides is 1. The molecule has 0 fully saturated rings. The smallest absolute Gasteiger partial charge is 0.133 e. The SMILES string of the molecule is COCCOCCCOc1ccc(CCl)cc1Br. The highest BCUT2D eigenvalue weighted by molar-refractivity contribution is 9.10. The molecule has 0 spiro atoms. The van der Waals surface area contributed by atoms with Gasteiger partial charge in [0.05, 0.1) is 24.3 Å². The van der Waals surface area contributed by atoms with E-state index in [2.05, 4.69) is 15.9 Å². The van der Waals surface area contributed by atoms with E-state index >= 15 is 0 Å². The van der Waals surface area contributed by atoms with Gasteiger partial charge in [0.25, 0.3) is 0 Å². The Labute approximate surface area is 121 Å². The van der Waals surface area contributed by atoms with Crippen molar-refractivity contribution in [2.45, 2.75) is 12.3 Å². The summed E-state index contributed by atoms with van der Waals surface area (Å²) >= 11 is 9.21. The topological polar surface area (TPSA) is 27.7 Å². The lowest BCUT2D eigenvalue weighted by atomic mass is 10.2. The Hall–Kier alpha value is -0.290. The second-order valence-electron chi connectivity index (χ2n) is 3.71. The molecule has 0 saturated carbocycles. The molecule has 0 N–H and O–H groups in total. The number of halogens is 2. The number of ether oxygens (including phenoxy) is 3. The monoisotopic (exact) mass is 336 g/mol. The first-order valence-electron chi connectivity index (χ1n) is 5.81. The summed E-state index contributed by atoms with van der Waals surface area (Å²) in [6.45, 7) is 2.57. The molecule has 0 saturated heterocycles. The summed E-state index contributed by atoms with van der Waals surface area (Å²) in [7, 11) is 1.66. The van der Waals surface area contributed by atoms with Crippen LogP contribution in [0.2, 0.25) is 0 Å². The Kier molecular flexibility index (Phi) is 8.42. The number of rotatable bonds is 9. The number of hydrogen-bond donors (Lipinski definition) is 0. The van der Waals surface area contributed by atoms with E-state index in [4.69, 9.17) is 25.8 Å². The molecule has 1 rings (SSSR count). The third kappa shape index (κ3) is 6.05. The molecule has 0 radical (unpaired) electrons. The van der Waals surface area contributed by atoms with E-state index in [-0.39, 0.29) is 0 Å². The van der Waals surface area contributed by atoms with Crippen molar-refractivity contribution in [3.05, 3.63) is 28.2 Å². The predicted molar refractivity (Wildman–Crippen MR) is 76.5 cm³/mol. The molecule has 18 heavy (non-hydrogen) atoms. The number of methoxy groups -OCH3 is 1. The van der Waals surface area contributed by atoms with Gasteiger partial charge in [0, 0.05) is 26.0 Å². The van der Waals surface area contributed by atoms with Gasteiger partial charge in [-0.2, -0.15) is 0 Å². The zero-order valence-corrected chi connectivity index (χ0v) is 12.8. The fraction of sp³-hybridized carbons (Fsp3) is 0.538. The number of benzene rings is 1. The first kappa shape index (κ1) is 15.8. The van der Waals surface area contributed by atoms with Crippen LogP contribution >= 0.6 is 27.5 Å². The maximum Gasteiger partial charge on any atom is 0.133 e. The van der Waals surface area contributed by atoms with Crippen molar-refractivity contribution in [3.63, 3.8) is 0 Å². The van der Waals surface area contributed by atoms with Crippen LogP contribution in [0.3, 0.4) is 0 Å². The summed E-state index contributed by atoms with van der Waals surface area (Å²) in [6.07, 6.45) is 0.855. The highest BCUT2D eigenvalue weighted by Crippen LogP contribution is 2.26. The molecule has 0 aliphatic heterocycles. The molecular weight excluding hydrogens is 319 g/mol. The molecule has 0 unspecified atom stereocenters. The van der Waals surface area contributed by atoms with Crippen LogP contribution in [-0.2, 0) is 15.4 Å². The van der Waals surface area contributed by atoms with Crippen molar-refractivity contribution in [2.75, 3.05) is 33.5 Å². The molecule has 5 heteroatoms. The molecule has 0 aliphatic carbocycles. The van der Waals surface area contributed by atoms with Crippen molar-refractivity contribution >= 4 is 27.5 Å². The van der Waals surface area contributed by atoms with Gasteiger partial charge in [-0.25, -0.2) is 0 Å². The average molecular weight is 338 g/mol. The average Bonchev–Trinajstić information content (AvgIpc) is 2.39. The quantitative estimate of drug-likeness (QED) is 0.509.